The van der Waals surface area contributed by atoms with Gasteiger partial charge in [-0.25, -0.2) is 0 Å². The van der Waals surface area contributed by atoms with E-state index in [9.17, 15) is 4.79 Å². The van der Waals surface area contributed by atoms with E-state index in [0.29, 0.717) is 18.5 Å². The van der Waals surface area contributed by atoms with Crippen molar-refractivity contribution < 1.29 is 4.79 Å². The number of nitriles is 1. The lowest BCUT2D eigenvalue weighted by molar-refractivity contribution is -0.121. The van der Waals surface area contributed by atoms with Crippen LogP contribution in [0.25, 0.3) is 0 Å². The predicted molar refractivity (Wildman–Crippen MR) is 74.5 cm³/mol. The van der Waals surface area contributed by atoms with Crippen molar-refractivity contribution >= 4 is 11.6 Å². The van der Waals surface area contributed by atoms with Gasteiger partial charge in [0.25, 0.3) is 0 Å². The maximum absolute atomic E-state index is 12.3. The van der Waals surface area contributed by atoms with Crippen LogP contribution in [0, 0.1) is 16.7 Å². The number of rotatable bonds is 4. The van der Waals surface area contributed by atoms with E-state index in [1.807, 2.05) is 6.07 Å². The monoisotopic (exact) mass is 257 g/mol. The molecule has 4 heteroatoms. The molecule has 0 atom stereocenters. The second-order valence-corrected chi connectivity index (χ2v) is 5.35. The minimum absolute atomic E-state index is 0.0121. The molecule has 100 valence electrons. The molecule has 0 radical (unpaired) electrons. The van der Waals surface area contributed by atoms with Crippen molar-refractivity contribution in [2.45, 2.75) is 25.7 Å². The number of carbonyl (C=O) groups is 1. The maximum atomic E-state index is 12.3. The van der Waals surface area contributed by atoms with Gasteiger partial charge in [-0.3, -0.25) is 4.79 Å². The van der Waals surface area contributed by atoms with Crippen molar-refractivity contribution in [2.75, 3.05) is 18.5 Å². The number of nitrogens with two attached hydrogens (primary N) is 1. The number of hydrogen-bond donors (Lipinski definition) is 1. The summed E-state index contributed by atoms with van der Waals surface area (Å²) in [6, 6.07) is 9.18. The molecule has 1 aromatic rings. The second kappa shape index (κ2) is 5.41. The summed E-state index contributed by atoms with van der Waals surface area (Å²) in [4.78, 5) is 13.9. The highest BCUT2D eigenvalue weighted by molar-refractivity contribution is 5.93. The summed E-state index contributed by atoms with van der Waals surface area (Å²) in [5.41, 5.74) is 7.12. The van der Waals surface area contributed by atoms with Gasteiger partial charge < -0.3 is 10.6 Å². The summed E-state index contributed by atoms with van der Waals surface area (Å²) in [5.74, 6) is 0.0697. The van der Waals surface area contributed by atoms with Crippen molar-refractivity contribution in [3.8, 4) is 6.07 Å². The molecule has 19 heavy (non-hydrogen) atoms. The Morgan fingerprint density at radius 3 is 2.79 bits per heavy atom. The van der Waals surface area contributed by atoms with Crippen molar-refractivity contribution in [2.24, 2.45) is 11.1 Å². The normalized spacial score (nSPS) is 16.3. The van der Waals surface area contributed by atoms with E-state index in [4.69, 9.17) is 11.0 Å². The first-order chi connectivity index (χ1) is 9.10. The van der Waals surface area contributed by atoms with E-state index in [1.165, 1.54) is 0 Å². The molecule has 1 fully saturated rings. The fraction of sp³-hybridized carbons (Fsp3) is 0.467. The minimum Gasteiger partial charge on any atom is -0.330 e. The third kappa shape index (κ3) is 2.77. The van der Waals surface area contributed by atoms with Crippen molar-refractivity contribution in [3.63, 3.8) is 0 Å². The molecule has 0 unspecified atom stereocenters. The van der Waals surface area contributed by atoms with Gasteiger partial charge in [-0.05, 0) is 43.0 Å². The molecule has 1 aromatic carbocycles. The lowest BCUT2D eigenvalue weighted by Gasteiger charge is -2.41. The van der Waals surface area contributed by atoms with Gasteiger partial charge in [-0.2, -0.15) is 5.26 Å². The van der Waals surface area contributed by atoms with Crippen LogP contribution in [-0.4, -0.2) is 19.5 Å². The van der Waals surface area contributed by atoms with Gasteiger partial charge in [0.15, 0.2) is 0 Å². The molecule has 4 nitrogen and oxygen atoms in total. The topological polar surface area (TPSA) is 70.1 Å². The van der Waals surface area contributed by atoms with Crippen molar-refractivity contribution in [1.29, 1.82) is 5.26 Å². The fourth-order valence-corrected chi connectivity index (χ4v) is 2.50. The number of nitrogens with zero attached hydrogens (tertiary/aromatic N) is 2. The number of anilines is 1. The highest BCUT2D eigenvalue weighted by Gasteiger charge is 2.38. The molecule has 0 aromatic heterocycles. The van der Waals surface area contributed by atoms with E-state index >= 15 is 0 Å². The molecular formula is C15H19N3O. The van der Waals surface area contributed by atoms with Gasteiger partial charge >= 0.3 is 0 Å². The molecule has 1 saturated carbocycles. The Kier molecular flexibility index (Phi) is 3.87. The van der Waals surface area contributed by atoms with Crippen LogP contribution in [0.4, 0.5) is 5.69 Å². The van der Waals surface area contributed by atoms with Crippen molar-refractivity contribution in [1.82, 2.24) is 0 Å². The maximum Gasteiger partial charge on any atom is 0.227 e. The van der Waals surface area contributed by atoms with E-state index in [1.54, 1.807) is 30.1 Å². The zero-order chi connectivity index (χ0) is 13.9. The molecule has 0 aliphatic heterocycles. The lowest BCUT2D eigenvalue weighted by atomic mass is 9.66. The van der Waals surface area contributed by atoms with Gasteiger partial charge in [0.2, 0.25) is 5.91 Å². The molecular weight excluding hydrogens is 238 g/mol. The van der Waals surface area contributed by atoms with Gasteiger partial charge in [0.1, 0.15) is 0 Å². The molecule has 1 amide bonds. The van der Waals surface area contributed by atoms with Gasteiger partial charge in [-0.15, -0.1) is 0 Å². The summed E-state index contributed by atoms with van der Waals surface area (Å²) in [6.07, 6.45) is 3.75. The molecule has 0 spiro atoms. The molecule has 2 rings (SSSR count). The van der Waals surface area contributed by atoms with Crippen LogP contribution in [0.1, 0.15) is 31.2 Å². The van der Waals surface area contributed by atoms with Crippen LogP contribution >= 0.6 is 0 Å². The predicted octanol–water partition coefficient (Wildman–Crippen LogP) is 2.04. The largest absolute Gasteiger partial charge is 0.330 e. The number of hydrogen-bond acceptors (Lipinski definition) is 3. The molecule has 1 aliphatic carbocycles. The number of amides is 1. The molecule has 2 N–H and O–H groups in total. The van der Waals surface area contributed by atoms with Crippen LogP contribution in [0.2, 0.25) is 0 Å². The second-order valence-electron chi connectivity index (χ2n) is 5.35. The zero-order valence-electron chi connectivity index (χ0n) is 11.2. The zero-order valence-corrected chi connectivity index (χ0v) is 11.2. The number of carbonyl (C=O) groups excluding carboxylic acids is 1. The highest BCUT2D eigenvalue weighted by Crippen LogP contribution is 2.43. The Bertz CT molecular complexity index is 509. The summed E-state index contributed by atoms with van der Waals surface area (Å²) < 4.78 is 0. The van der Waals surface area contributed by atoms with Crippen LogP contribution in [-0.2, 0) is 4.79 Å². The van der Waals surface area contributed by atoms with Gasteiger partial charge in [0.05, 0.1) is 11.6 Å². The Hall–Kier alpha value is -1.86. The summed E-state index contributed by atoms with van der Waals surface area (Å²) in [5, 5.41) is 8.88. The number of benzene rings is 1. The van der Waals surface area contributed by atoms with E-state index in [2.05, 4.69) is 6.07 Å². The molecule has 0 bridgehead atoms. The van der Waals surface area contributed by atoms with E-state index in [0.717, 1.165) is 24.9 Å². The third-order valence-electron chi connectivity index (χ3n) is 4.11. The Balaban J connectivity index is 2.08. The van der Waals surface area contributed by atoms with Crippen LogP contribution in [0.3, 0.4) is 0 Å². The Labute approximate surface area is 113 Å². The Morgan fingerprint density at radius 2 is 2.26 bits per heavy atom. The first-order valence-corrected chi connectivity index (χ1v) is 6.57. The molecule has 0 saturated heterocycles. The summed E-state index contributed by atoms with van der Waals surface area (Å²) in [7, 11) is 1.75. The highest BCUT2D eigenvalue weighted by atomic mass is 16.2. The minimum atomic E-state index is 0.0121. The lowest BCUT2D eigenvalue weighted by Crippen LogP contribution is -2.42. The van der Waals surface area contributed by atoms with Gasteiger partial charge in [0, 0.05) is 19.2 Å². The third-order valence-corrected chi connectivity index (χ3v) is 4.11. The van der Waals surface area contributed by atoms with Gasteiger partial charge in [-0.1, -0.05) is 12.5 Å². The average Bonchev–Trinajstić information content (AvgIpc) is 2.41. The van der Waals surface area contributed by atoms with Crippen molar-refractivity contribution in [3.05, 3.63) is 29.8 Å². The first-order valence-electron chi connectivity index (χ1n) is 6.57. The standard InChI is InChI=1S/C15H19N3O/c1-18(13-5-2-4-12(8-13)10-16)14(19)9-15(11-17)6-3-7-15/h2,4-5,8H,3,6-7,9,11,17H2,1H3. The van der Waals surface area contributed by atoms with E-state index in [-0.39, 0.29) is 11.3 Å². The first kappa shape index (κ1) is 13.6. The summed E-state index contributed by atoms with van der Waals surface area (Å²) >= 11 is 0. The van der Waals surface area contributed by atoms with Crippen LogP contribution < -0.4 is 10.6 Å². The quantitative estimate of drug-likeness (QED) is 0.897. The van der Waals surface area contributed by atoms with E-state index < -0.39 is 0 Å². The average molecular weight is 257 g/mol. The summed E-state index contributed by atoms with van der Waals surface area (Å²) in [6.45, 7) is 0.574. The smallest absolute Gasteiger partial charge is 0.227 e. The molecule has 0 heterocycles. The van der Waals surface area contributed by atoms with Crippen LogP contribution in [0.5, 0.6) is 0 Å². The SMILES string of the molecule is CN(C(=O)CC1(CN)CCC1)c1cccc(C#N)c1. The molecule has 1 aliphatic rings. The fourth-order valence-electron chi connectivity index (χ4n) is 2.50. The Morgan fingerprint density at radius 1 is 1.53 bits per heavy atom. The van der Waals surface area contributed by atoms with Crippen LogP contribution in [0.15, 0.2) is 24.3 Å².